The molecule has 0 fully saturated rings. The maximum absolute atomic E-state index is 2.50. The Morgan fingerprint density at radius 1 is 0.426 bits per heavy atom. The molecule has 9 aromatic carbocycles. The van der Waals surface area contributed by atoms with Crippen LogP contribution in [0.15, 0.2) is 212 Å². The fourth-order valence-corrected chi connectivity index (χ4v) is 11.2. The number of allylic oxidation sites excluding steroid dienone is 1. The normalized spacial score (nSPS) is 14.0. The lowest BCUT2D eigenvalue weighted by Crippen LogP contribution is -2.26. The van der Waals surface area contributed by atoms with Crippen molar-refractivity contribution in [2.75, 3.05) is 4.90 Å². The number of rotatable bonds is 5. The van der Waals surface area contributed by atoms with Gasteiger partial charge in [-0.25, -0.2) is 0 Å². The molecule has 13 rings (SSSR count). The average molecular weight is 777 g/mol. The number of aromatic nitrogens is 1. The zero-order chi connectivity index (χ0) is 40.1. The SMILES string of the molecule is C1=C(c2ccc(N(c3ccc4c(c3)C3(c5ccccc5-c5ccccc53)c3ccccc3-4)c3cccc4ccccc34)cc2)CCc2c1n(-c1ccccc1)c1ccccc21. The first-order valence-electron chi connectivity index (χ1n) is 21.5. The fraction of sp³-hybridized carbons (Fsp3) is 0.0508. The number of anilines is 3. The second-order valence-corrected chi connectivity index (χ2v) is 16.7. The van der Waals surface area contributed by atoms with Crippen LogP contribution in [0.3, 0.4) is 0 Å². The van der Waals surface area contributed by atoms with Crippen molar-refractivity contribution in [3.63, 3.8) is 0 Å². The van der Waals surface area contributed by atoms with Crippen LogP contribution in [0.25, 0.3) is 61.3 Å². The Morgan fingerprint density at radius 3 is 1.72 bits per heavy atom. The minimum absolute atomic E-state index is 0.419. The van der Waals surface area contributed by atoms with Crippen LogP contribution < -0.4 is 4.90 Å². The van der Waals surface area contributed by atoms with Crippen LogP contribution in [0, 0.1) is 0 Å². The summed E-state index contributed by atoms with van der Waals surface area (Å²) in [6, 6.07) is 78.9. The second-order valence-electron chi connectivity index (χ2n) is 16.7. The highest BCUT2D eigenvalue weighted by atomic mass is 15.1. The van der Waals surface area contributed by atoms with E-state index in [1.165, 1.54) is 94.3 Å². The summed E-state index contributed by atoms with van der Waals surface area (Å²) in [7, 11) is 0. The third kappa shape index (κ3) is 4.85. The third-order valence-electron chi connectivity index (χ3n) is 13.7. The van der Waals surface area contributed by atoms with Crippen molar-refractivity contribution in [3.8, 4) is 27.9 Å². The molecule has 0 bridgehead atoms. The smallest absolute Gasteiger partial charge is 0.0726 e. The highest BCUT2D eigenvalue weighted by molar-refractivity contribution is 6.01. The monoisotopic (exact) mass is 776 g/mol. The quantitative estimate of drug-likeness (QED) is 0.169. The zero-order valence-corrected chi connectivity index (χ0v) is 33.6. The summed E-state index contributed by atoms with van der Waals surface area (Å²) in [4.78, 5) is 2.48. The lowest BCUT2D eigenvalue weighted by molar-refractivity contribution is 0.793. The fourth-order valence-electron chi connectivity index (χ4n) is 11.2. The van der Waals surface area contributed by atoms with E-state index in [2.05, 4.69) is 228 Å². The molecule has 0 N–H and O–H groups in total. The molecule has 0 atom stereocenters. The van der Waals surface area contributed by atoms with Gasteiger partial charge >= 0.3 is 0 Å². The van der Waals surface area contributed by atoms with Gasteiger partial charge in [-0.15, -0.1) is 0 Å². The number of hydrogen-bond donors (Lipinski definition) is 0. The molecule has 2 nitrogen and oxygen atoms in total. The van der Waals surface area contributed by atoms with Crippen molar-refractivity contribution in [3.05, 3.63) is 251 Å². The van der Waals surface area contributed by atoms with E-state index < -0.39 is 5.41 Å². The van der Waals surface area contributed by atoms with E-state index in [9.17, 15) is 0 Å². The van der Waals surface area contributed by atoms with Crippen LogP contribution in [0.5, 0.6) is 0 Å². The maximum Gasteiger partial charge on any atom is 0.0726 e. The molecule has 286 valence electrons. The summed E-state index contributed by atoms with van der Waals surface area (Å²) in [6.07, 6.45) is 4.45. The Morgan fingerprint density at radius 2 is 1.00 bits per heavy atom. The molecule has 0 radical (unpaired) electrons. The molecule has 1 spiro atoms. The predicted octanol–water partition coefficient (Wildman–Crippen LogP) is 15.1. The van der Waals surface area contributed by atoms with Crippen LogP contribution in [0.2, 0.25) is 0 Å². The van der Waals surface area contributed by atoms with Crippen molar-refractivity contribution in [2.24, 2.45) is 0 Å². The lowest BCUT2D eigenvalue weighted by atomic mass is 9.70. The molecule has 3 aliphatic carbocycles. The van der Waals surface area contributed by atoms with Gasteiger partial charge in [0, 0.05) is 27.8 Å². The van der Waals surface area contributed by atoms with Crippen molar-refractivity contribution in [1.82, 2.24) is 4.57 Å². The molecular formula is C59H40N2. The maximum atomic E-state index is 2.50. The van der Waals surface area contributed by atoms with E-state index in [4.69, 9.17) is 0 Å². The van der Waals surface area contributed by atoms with Gasteiger partial charge in [-0.3, -0.25) is 0 Å². The van der Waals surface area contributed by atoms with E-state index >= 15 is 0 Å². The Kier molecular flexibility index (Phi) is 7.38. The molecule has 0 unspecified atom stereocenters. The van der Waals surface area contributed by atoms with E-state index in [0.29, 0.717) is 0 Å². The molecule has 10 aromatic rings. The van der Waals surface area contributed by atoms with Gasteiger partial charge in [0.05, 0.1) is 22.3 Å². The first kappa shape index (κ1) is 34.2. The summed E-state index contributed by atoms with van der Waals surface area (Å²) in [5.74, 6) is 0. The summed E-state index contributed by atoms with van der Waals surface area (Å²) in [5, 5.41) is 3.80. The molecule has 3 aliphatic rings. The number of aryl methyl sites for hydroxylation is 1. The Labute approximate surface area is 355 Å². The van der Waals surface area contributed by atoms with Crippen LogP contribution in [-0.4, -0.2) is 4.57 Å². The van der Waals surface area contributed by atoms with E-state index in [0.717, 1.165) is 29.9 Å². The Bertz CT molecular complexity index is 3350. The van der Waals surface area contributed by atoms with E-state index in [1.807, 2.05) is 0 Å². The molecule has 2 heteroatoms. The van der Waals surface area contributed by atoms with E-state index in [1.54, 1.807) is 0 Å². The highest BCUT2D eigenvalue weighted by Gasteiger charge is 2.51. The van der Waals surface area contributed by atoms with Crippen LogP contribution in [0.4, 0.5) is 17.1 Å². The average Bonchev–Trinajstić information content (AvgIpc) is 3.94. The predicted molar refractivity (Wildman–Crippen MR) is 254 cm³/mol. The van der Waals surface area contributed by atoms with Gasteiger partial charge in [-0.2, -0.15) is 0 Å². The van der Waals surface area contributed by atoms with Crippen molar-refractivity contribution < 1.29 is 0 Å². The minimum atomic E-state index is -0.419. The van der Waals surface area contributed by atoms with Gasteiger partial charge in [0.15, 0.2) is 0 Å². The summed E-state index contributed by atoms with van der Waals surface area (Å²) >= 11 is 0. The number of hydrogen-bond acceptors (Lipinski definition) is 1. The number of nitrogens with zero attached hydrogens (tertiary/aromatic N) is 2. The van der Waals surface area contributed by atoms with Crippen LogP contribution >= 0.6 is 0 Å². The topological polar surface area (TPSA) is 8.17 Å². The first-order chi connectivity index (χ1) is 30.3. The van der Waals surface area contributed by atoms with Gasteiger partial charge in [0.25, 0.3) is 0 Å². The van der Waals surface area contributed by atoms with E-state index in [-0.39, 0.29) is 0 Å². The molecule has 0 amide bonds. The molecule has 1 aromatic heterocycles. The van der Waals surface area contributed by atoms with Gasteiger partial charge in [-0.1, -0.05) is 164 Å². The van der Waals surface area contributed by atoms with Gasteiger partial charge in [-0.05, 0) is 134 Å². The van der Waals surface area contributed by atoms with Gasteiger partial charge in [0.1, 0.15) is 0 Å². The zero-order valence-electron chi connectivity index (χ0n) is 33.6. The lowest BCUT2D eigenvalue weighted by Gasteiger charge is -2.32. The molecule has 1 heterocycles. The second kappa shape index (κ2) is 13.2. The largest absolute Gasteiger partial charge is 0.310 e. The Hall–Kier alpha value is -7.68. The number of para-hydroxylation sites is 2. The van der Waals surface area contributed by atoms with Crippen LogP contribution in [0.1, 0.15) is 45.5 Å². The third-order valence-corrected chi connectivity index (χ3v) is 13.7. The highest BCUT2D eigenvalue weighted by Crippen LogP contribution is 2.63. The van der Waals surface area contributed by atoms with Crippen molar-refractivity contribution in [1.29, 1.82) is 0 Å². The summed E-state index contributed by atoms with van der Waals surface area (Å²) < 4.78 is 2.44. The molecule has 61 heavy (non-hydrogen) atoms. The summed E-state index contributed by atoms with van der Waals surface area (Å²) in [6.45, 7) is 0. The molecular weight excluding hydrogens is 737 g/mol. The number of benzene rings is 9. The van der Waals surface area contributed by atoms with Crippen molar-refractivity contribution >= 4 is 50.4 Å². The molecule has 0 saturated carbocycles. The molecule has 0 saturated heterocycles. The van der Waals surface area contributed by atoms with Crippen molar-refractivity contribution in [2.45, 2.75) is 18.3 Å². The number of fused-ring (bicyclic) bond motifs is 14. The first-order valence-corrected chi connectivity index (χ1v) is 21.5. The Balaban J connectivity index is 0.988. The van der Waals surface area contributed by atoms with Crippen LogP contribution in [-0.2, 0) is 11.8 Å². The molecule has 0 aliphatic heterocycles. The standard InChI is InChI=1S/C59H40N2/c1-2-17-42(18-3-1)61-57-27-13-9-23-50(57)51-35-31-41(37-58(51)61)39-29-32-43(33-30-39)60(56-28-14-16-40-15-4-5-19-45(40)56)44-34-36-49-48-22-8-12-26-54(48)59(55(49)38-44)52-24-10-6-20-46(52)47-21-7-11-25-53(47)59/h1-30,32-34,36-38H,31,35H2. The van der Waals surface area contributed by atoms with Gasteiger partial charge in [0.2, 0.25) is 0 Å². The summed E-state index contributed by atoms with van der Waals surface area (Å²) in [5.41, 5.74) is 21.5. The van der Waals surface area contributed by atoms with Gasteiger partial charge < -0.3 is 9.47 Å². The minimum Gasteiger partial charge on any atom is -0.310 e.